The Morgan fingerprint density at radius 3 is 2.33 bits per heavy atom. The standard InChI is InChI=1S/C26H31Cl2N3O2/c1-25(2)13-17(14-26(3,4)31(25)5)29-24(32)15-7-8-18(23(11-15)33-6)22-10-16-9-19(27)20(28)12-21(16)30-22/h7-12,17,30H,13-14H2,1-6H3,(H,29,32). The normalized spacial score (nSPS) is 18.4. The maximum absolute atomic E-state index is 13.1. The lowest BCUT2D eigenvalue weighted by atomic mass is 9.77. The van der Waals surface area contributed by atoms with Crippen molar-refractivity contribution in [1.82, 2.24) is 15.2 Å². The van der Waals surface area contributed by atoms with Crippen molar-refractivity contribution in [3.8, 4) is 17.0 Å². The van der Waals surface area contributed by atoms with Crippen molar-refractivity contribution in [2.45, 2.75) is 57.7 Å². The van der Waals surface area contributed by atoms with Gasteiger partial charge in [0.15, 0.2) is 0 Å². The number of benzene rings is 2. The summed E-state index contributed by atoms with van der Waals surface area (Å²) in [6.07, 6.45) is 1.79. The molecule has 4 rings (SSSR count). The van der Waals surface area contributed by atoms with Crippen LogP contribution >= 0.6 is 23.2 Å². The third-order valence-electron chi connectivity index (χ3n) is 7.06. The topological polar surface area (TPSA) is 57.4 Å². The molecule has 2 N–H and O–H groups in total. The second-order valence-electron chi connectivity index (χ2n) is 10.2. The monoisotopic (exact) mass is 487 g/mol. The van der Waals surface area contributed by atoms with E-state index in [1.807, 2.05) is 30.3 Å². The average molecular weight is 488 g/mol. The molecule has 2 heterocycles. The van der Waals surface area contributed by atoms with E-state index in [-0.39, 0.29) is 23.0 Å². The molecule has 7 heteroatoms. The van der Waals surface area contributed by atoms with Crippen LogP contribution in [0.25, 0.3) is 22.2 Å². The minimum Gasteiger partial charge on any atom is -0.496 e. The molecule has 0 unspecified atom stereocenters. The number of amides is 1. The van der Waals surface area contributed by atoms with Gasteiger partial charge in [0.05, 0.1) is 22.8 Å². The number of rotatable bonds is 4. The smallest absolute Gasteiger partial charge is 0.251 e. The average Bonchev–Trinajstić information content (AvgIpc) is 3.13. The first-order chi connectivity index (χ1) is 15.4. The maximum atomic E-state index is 13.1. The number of piperidine rings is 1. The summed E-state index contributed by atoms with van der Waals surface area (Å²) < 4.78 is 5.65. The molecule has 0 atom stereocenters. The number of nitrogens with zero attached hydrogens (tertiary/aromatic N) is 1. The minimum absolute atomic E-state index is 0.00264. The Morgan fingerprint density at radius 1 is 1.06 bits per heavy atom. The van der Waals surface area contributed by atoms with Crippen molar-refractivity contribution in [3.63, 3.8) is 0 Å². The summed E-state index contributed by atoms with van der Waals surface area (Å²) in [6, 6.07) is 11.3. The second-order valence-corrected chi connectivity index (χ2v) is 11.0. The van der Waals surface area contributed by atoms with Crippen LogP contribution in [0.5, 0.6) is 5.75 Å². The Labute approximate surface area is 205 Å². The summed E-state index contributed by atoms with van der Waals surface area (Å²) in [6.45, 7) is 8.91. The maximum Gasteiger partial charge on any atom is 0.251 e. The minimum atomic E-state index is -0.0868. The highest BCUT2D eigenvalue weighted by Crippen LogP contribution is 2.38. The molecule has 1 fully saturated rings. The van der Waals surface area contributed by atoms with Gasteiger partial charge in [-0.05, 0) is 84.0 Å². The molecular formula is C26H31Cl2N3O2. The lowest BCUT2D eigenvalue weighted by Gasteiger charge is -2.53. The first kappa shape index (κ1) is 23.9. The van der Waals surface area contributed by atoms with Crippen molar-refractivity contribution in [3.05, 3.63) is 52.0 Å². The largest absolute Gasteiger partial charge is 0.496 e. The van der Waals surface area contributed by atoms with E-state index in [4.69, 9.17) is 27.9 Å². The molecule has 0 bridgehead atoms. The summed E-state index contributed by atoms with van der Waals surface area (Å²) in [7, 11) is 3.77. The van der Waals surface area contributed by atoms with Gasteiger partial charge in [0, 0.05) is 39.1 Å². The van der Waals surface area contributed by atoms with Gasteiger partial charge in [0.2, 0.25) is 0 Å². The first-order valence-electron chi connectivity index (χ1n) is 11.1. The van der Waals surface area contributed by atoms with Gasteiger partial charge in [0.25, 0.3) is 5.91 Å². The number of aromatic amines is 1. The number of carbonyl (C=O) groups excluding carboxylic acids is 1. The molecule has 0 radical (unpaired) electrons. The number of halogens is 2. The third kappa shape index (κ3) is 4.59. The number of fused-ring (bicyclic) bond motifs is 1. The van der Waals surface area contributed by atoms with Gasteiger partial charge in [-0.2, -0.15) is 0 Å². The van der Waals surface area contributed by atoms with E-state index in [0.717, 1.165) is 35.0 Å². The zero-order valence-corrected chi connectivity index (χ0v) is 21.5. The van der Waals surface area contributed by atoms with E-state index in [1.54, 1.807) is 13.2 Å². The van der Waals surface area contributed by atoms with E-state index < -0.39 is 0 Å². The van der Waals surface area contributed by atoms with Crippen molar-refractivity contribution < 1.29 is 9.53 Å². The predicted octanol–water partition coefficient (Wildman–Crippen LogP) is 6.53. The number of aromatic nitrogens is 1. The second kappa shape index (κ2) is 8.53. The van der Waals surface area contributed by atoms with Crippen molar-refractivity contribution >= 4 is 40.0 Å². The molecule has 33 heavy (non-hydrogen) atoms. The Balaban J connectivity index is 1.59. The molecule has 176 valence electrons. The molecule has 2 aromatic carbocycles. The van der Waals surface area contributed by atoms with E-state index in [2.05, 4.69) is 49.9 Å². The number of likely N-dealkylation sites (tertiary alicyclic amines) is 1. The highest BCUT2D eigenvalue weighted by molar-refractivity contribution is 6.42. The van der Waals surface area contributed by atoms with Crippen LogP contribution in [0, 0.1) is 0 Å². The predicted molar refractivity (Wildman–Crippen MR) is 137 cm³/mol. The van der Waals surface area contributed by atoms with Crippen LogP contribution in [-0.2, 0) is 0 Å². The fourth-order valence-corrected chi connectivity index (χ4v) is 5.40. The molecule has 1 aliphatic rings. The Morgan fingerprint density at radius 2 is 1.70 bits per heavy atom. The number of hydrogen-bond donors (Lipinski definition) is 2. The zero-order valence-electron chi connectivity index (χ0n) is 20.0. The van der Waals surface area contributed by atoms with Crippen molar-refractivity contribution in [1.29, 1.82) is 0 Å². The van der Waals surface area contributed by atoms with Crippen LogP contribution in [0.1, 0.15) is 50.9 Å². The fraction of sp³-hybridized carbons (Fsp3) is 0.423. The first-order valence-corrected chi connectivity index (χ1v) is 11.9. The molecule has 0 spiro atoms. The summed E-state index contributed by atoms with van der Waals surface area (Å²) in [5, 5.41) is 5.21. The highest BCUT2D eigenvalue weighted by Gasteiger charge is 2.43. The quantitative estimate of drug-likeness (QED) is 0.439. The number of H-pyrrole nitrogens is 1. The van der Waals surface area contributed by atoms with E-state index >= 15 is 0 Å². The van der Waals surface area contributed by atoms with E-state index in [9.17, 15) is 4.79 Å². The van der Waals surface area contributed by atoms with Crippen LogP contribution in [0.4, 0.5) is 0 Å². The van der Waals surface area contributed by atoms with Crippen LogP contribution in [0.2, 0.25) is 10.0 Å². The van der Waals surface area contributed by atoms with Crippen LogP contribution in [0.15, 0.2) is 36.4 Å². The van der Waals surface area contributed by atoms with Gasteiger partial charge in [0.1, 0.15) is 5.75 Å². The highest BCUT2D eigenvalue weighted by atomic mass is 35.5. The molecule has 1 aromatic heterocycles. The summed E-state index contributed by atoms with van der Waals surface area (Å²) >= 11 is 12.3. The summed E-state index contributed by atoms with van der Waals surface area (Å²) in [5.74, 6) is 0.534. The van der Waals surface area contributed by atoms with Gasteiger partial charge in [-0.1, -0.05) is 23.2 Å². The lowest BCUT2D eigenvalue weighted by Crippen LogP contribution is -2.62. The fourth-order valence-electron chi connectivity index (χ4n) is 5.07. The number of hydrogen-bond acceptors (Lipinski definition) is 3. The molecule has 1 saturated heterocycles. The Hall–Kier alpha value is -2.21. The molecule has 0 saturated carbocycles. The molecule has 1 aliphatic heterocycles. The third-order valence-corrected chi connectivity index (χ3v) is 7.78. The number of methoxy groups -OCH3 is 1. The number of carbonyl (C=O) groups is 1. The van der Waals surface area contributed by atoms with Crippen molar-refractivity contribution in [2.24, 2.45) is 0 Å². The molecule has 1 amide bonds. The summed E-state index contributed by atoms with van der Waals surface area (Å²) in [5.41, 5.74) is 3.19. The number of ether oxygens (including phenoxy) is 1. The van der Waals surface area contributed by atoms with E-state index in [0.29, 0.717) is 21.4 Å². The summed E-state index contributed by atoms with van der Waals surface area (Å²) in [4.78, 5) is 18.9. The van der Waals surface area contributed by atoms with Crippen molar-refractivity contribution in [2.75, 3.05) is 14.2 Å². The Kier molecular flexibility index (Phi) is 6.19. The Bertz CT molecular complexity index is 1160. The SMILES string of the molecule is COc1cc(C(=O)NC2CC(C)(C)N(C)C(C)(C)C2)ccc1-c1cc2cc(Cl)c(Cl)cc2[nH]1. The van der Waals surface area contributed by atoms with Crippen LogP contribution in [0.3, 0.4) is 0 Å². The molecule has 0 aliphatic carbocycles. The zero-order chi connectivity index (χ0) is 24.1. The van der Waals surface area contributed by atoms with Gasteiger partial charge in [-0.25, -0.2) is 0 Å². The van der Waals surface area contributed by atoms with E-state index in [1.165, 1.54) is 0 Å². The molecule has 5 nitrogen and oxygen atoms in total. The lowest BCUT2D eigenvalue weighted by molar-refractivity contribution is -0.0169. The number of nitrogens with one attached hydrogen (secondary N) is 2. The van der Waals surface area contributed by atoms with Crippen LogP contribution in [-0.4, -0.2) is 47.1 Å². The van der Waals surface area contributed by atoms with Crippen LogP contribution < -0.4 is 10.1 Å². The van der Waals surface area contributed by atoms with Gasteiger partial charge >= 0.3 is 0 Å². The molecule has 3 aromatic rings. The molecular weight excluding hydrogens is 457 g/mol. The van der Waals surface area contributed by atoms with Gasteiger partial charge in [-0.3, -0.25) is 9.69 Å². The van der Waals surface area contributed by atoms with Gasteiger partial charge in [-0.15, -0.1) is 0 Å². The van der Waals surface area contributed by atoms with Gasteiger partial charge < -0.3 is 15.0 Å².